The van der Waals surface area contributed by atoms with Gasteiger partial charge in [0.25, 0.3) is 0 Å². The highest BCUT2D eigenvalue weighted by molar-refractivity contribution is 9.10. The molecule has 1 N–H and O–H groups in total. The van der Waals surface area contributed by atoms with Gasteiger partial charge in [-0.3, -0.25) is 0 Å². The van der Waals surface area contributed by atoms with Gasteiger partial charge >= 0.3 is 0 Å². The fourth-order valence-electron chi connectivity index (χ4n) is 2.16. The van der Waals surface area contributed by atoms with Crippen molar-refractivity contribution in [2.24, 2.45) is 0 Å². The number of rotatable bonds is 10. The van der Waals surface area contributed by atoms with Crippen LogP contribution in [-0.4, -0.2) is 19.8 Å². The lowest BCUT2D eigenvalue weighted by Gasteiger charge is -2.19. The van der Waals surface area contributed by atoms with Crippen molar-refractivity contribution in [3.05, 3.63) is 22.2 Å². The molecule has 0 spiro atoms. The summed E-state index contributed by atoms with van der Waals surface area (Å²) in [6, 6.07) is 3.95. The summed E-state index contributed by atoms with van der Waals surface area (Å²) in [5, 5.41) is 3.50. The van der Waals surface area contributed by atoms with Crippen molar-refractivity contribution in [1.29, 1.82) is 0 Å². The molecule has 3 nitrogen and oxygen atoms in total. The van der Waals surface area contributed by atoms with Crippen LogP contribution in [0.1, 0.15) is 52.0 Å². The summed E-state index contributed by atoms with van der Waals surface area (Å²) in [7, 11) is 1.68. The topological polar surface area (TPSA) is 30.5 Å². The van der Waals surface area contributed by atoms with E-state index in [9.17, 15) is 0 Å². The van der Waals surface area contributed by atoms with E-state index < -0.39 is 0 Å². The summed E-state index contributed by atoms with van der Waals surface area (Å²) >= 11 is 3.62. The van der Waals surface area contributed by atoms with Gasteiger partial charge in [0.2, 0.25) is 0 Å². The Bertz CT molecular complexity index is 421. The van der Waals surface area contributed by atoms with Crippen molar-refractivity contribution in [2.45, 2.75) is 59.1 Å². The van der Waals surface area contributed by atoms with E-state index in [-0.39, 0.29) is 6.10 Å². The Morgan fingerprint density at radius 1 is 1.19 bits per heavy atom. The average molecular weight is 358 g/mol. The fraction of sp³-hybridized carbons (Fsp3) is 0.647. The monoisotopic (exact) mass is 357 g/mol. The smallest absolute Gasteiger partial charge is 0.167 e. The minimum atomic E-state index is 0.122. The summed E-state index contributed by atoms with van der Waals surface area (Å²) in [6.45, 7) is 8.11. The number of hydrogen-bond acceptors (Lipinski definition) is 3. The van der Waals surface area contributed by atoms with Gasteiger partial charge in [-0.05, 0) is 38.9 Å². The molecule has 0 bridgehead atoms. The number of ether oxygens (including phenoxy) is 2. The molecule has 0 saturated heterocycles. The predicted molar refractivity (Wildman–Crippen MR) is 92.3 cm³/mol. The Labute approximate surface area is 137 Å². The molecule has 1 rings (SSSR count). The van der Waals surface area contributed by atoms with Crippen LogP contribution in [0.3, 0.4) is 0 Å². The first-order valence-corrected chi connectivity index (χ1v) is 8.62. The maximum Gasteiger partial charge on any atom is 0.167 e. The Kier molecular flexibility index (Phi) is 8.77. The van der Waals surface area contributed by atoms with Gasteiger partial charge in [-0.1, -0.05) is 42.1 Å². The van der Waals surface area contributed by atoms with Gasteiger partial charge in [0.05, 0.1) is 13.2 Å². The first-order chi connectivity index (χ1) is 10.1. The molecule has 4 heteroatoms. The summed E-state index contributed by atoms with van der Waals surface area (Å²) < 4.78 is 12.4. The molecule has 120 valence electrons. The van der Waals surface area contributed by atoms with Gasteiger partial charge in [0.15, 0.2) is 11.5 Å². The van der Waals surface area contributed by atoms with Crippen LogP contribution >= 0.6 is 15.9 Å². The summed E-state index contributed by atoms with van der Waals surface area (Å²) in [4.78, 5) is 0. The van der Waals surface area contributed by atoms with Crippen LogP contribution in [0.2, 0.25) is 0 Å². The molecule has 0 atom stereocenters. The largest absolute Gasteiger partial charge is 0.493 e. The summed E-state index contributed by atoms with van der Waals surface area (Å²) in [5.41, 5.74) is 1.12. The Morgan fingerprint density at radius 2 is 1.95 bits per heavy atom. The van der Waals surface area contributed by atoms with Crippen LogP contribution in [0.4, 0.5) is 0 Å². The molecule has 0 aliphatic carbocycles. The minimum absolute atomic E-state index is 0.122. The highest BCUT2D eigenvalue weighted by Crippen LogP contribution is 2.36. The molecule has 0 heterocycles. The number of methoxy groups -OCH3 is 1. The second-order valence-electron chi connectivity index (χ2n) is 5.46. The molecule has 0 amide bonds. The first kappa shape index (κ1) is 18.3. The molecule has 1 aromatic rings. The van der Waals surface area contributed by atoms with Crippen molar-refractivity contribution in [2.75, 3.05) is 13.7 Å². The van der Waals surface area contributed by atoms with E-state index in [4.69, 9.17) is 9.47 Å². The standard InChI is InChI=1S/C17H28BrNO2/c1-5-6-7-8-11-19-12-14-15(18)9-10-16(20-4)17(14)21-13(2)3/h9-10,13,19H,5-8,11-12H2,1-4H3. The average Bonchev–Trinajstić information content (AvgIpc) is 2.45. The molecule has 0 saturated carbocycles. The first-order valence-electron chi connectivity index (χ1n) is 7.82. The van der Waals surface area contributed by atoms with Gasteiger partial charge in [0, 0.05) is 16.6 Å². The van der Waals surface area contributed by atoms with E-state index in [1.165, 1.54) is 25.7 Å². The number of halogens is 1. The summed E-state index contributed by atoms with van der Waals surface area (Å²) in [5.74, 6) is 1.62. The van der Waals surface area contributed by atoms with Crippen LogP contribution < -0.4 is 14.8 Å². The zero-order chi connectivity index (χ0) is 15.7. The van der Waals surface area contributed by atoms with E-state index in [1.807, 2.05) is 26.0 Å². The number of nitrogens with one attached hydrogen (secondary N) is 1. The van der Waals surface area contributed by atoms with Gasteiger partial charge in [-0.25, -0.2) is 0 Å². The molecule has 0 unspecified atom stereocenters. The fourth-order valence-corrected chi connectivity index (χ4v) is 2.62. The van der Waals surface area contributed by atoms with E-state index in [0.29, 0.717) is 0 Å². The molecule has 21 heavy (non-hydrogen) atoms. The minimum Gasteiger partial charge on any atom is -0.493 e. The highest BCUT2D eigenvalue weighted by atomic mass is 79.9. The number of unbranched alkanes of at least 4 members (excludes halogenated alkanes) is 3. The maximum atomic E-state index is 5.95. The Hall–Kier alpha value is -0.740. The third kappa shape index (κ3) is 6.27. The van der Waals surface area contributed by atoms with Crippen LogP contribution in [-0.2, 0) is 6.54 Å². The second-order valence-corrected chi connectivity index (χ2v) is 6.32. The molecule has 0 aromatic heterocycles. The SMILES string of the molecule is CCCCCCNCc1c(Br)ccc(OC)c1OC(C)C. The van der Waals surface area contributed by atoms with Crippen LogP contribution in [0.15, 0.2) is 16.6 Å². The van der Waals surface area contributed by atoms with E-state index in [1.54, 1.807) is 7.11 Å². The van der Waals surface area contributed by atoms with Crippen LogP contribution in [0.25, 0.3) is 0 Å². The quantitative estimate of drug-likeness (QED) is 0.603. The van der Waals surface area contributed by atoms with Gasteiger partial charge < -0.3 is 14.8 Å². The van der Waals surface area contributed by atoms with Crippen molar-refractivity contribution in [3.8, 4) is 11.5 Å². The zero-order valence-electron chi connectivity index (χ0n) is 13.7. The Balaban J connectivity index is 2.70. The van der Waals surface area contributed by atoms with Gasteiger partial charge in [-0.2, -0.15) is 0 Å². The maximum absolute atomic E-state index is 5.95. The third-order valence-corrected chi connectivity index (χ3v) is 3.99. The highest BCUT2D eigenvalue weighted by Gasteiger charge is 2.15. The Morgan fingerprint density at radius 3 is 2.57 bits per heavy atom. The lowest BCUT2D eigenvalue weighted by Crippen LogP contribution is -2.17. The lowest BCUT2D eigenvalue weighted by molar-refractivity contribution is 0.227. The van der Waals surface area contributed by atoms with Crippen molar-refractivity contribution < 1.29 is 9.47 Å². The molecule has 0 radical (unpaired) electrons. The second kappa shape index (κ2) is 10.1. The van der Waals surface area contributed by atoms with Crippen LogP contribution in [0, 0.1) is 0 Å². The summed E-state index contributed by atoms with van der Waals surface area (Å²) in [6.07, 6.45) is 5.21. The van der Waals surface area contributed by atoms with E-state index in [0.717, 1.165) is 34.6 Å². The molecule has 0 fully saturated rings. The van der Waals surface area contributed by atoms with Crippen molar-refractivity contribution in [1.82, 2.24) is 5.32 Å². The van der Waals surface area contributed by atoms with E-state index in [2.05, 4.69) is 28.2 Å². The molecular weight excluding hydrogens is 330 g/mol. The van der Waals surface area contributed by atoms with Gasteiger partial charge in [-0.15, -0.1) is 0 Å². The van der Waals surface area contributed by atoms with Crippen molar-refractivity contribution >= 4 is 15.9 Å². The predicted octanol–water partition coefficient (Wildman–Crippen LogP) is 4.91. The molecule has 0 aliphatic heterocycles. The molecule has 0 aliphatic rings. The zero-order valence-corrected chi connectivity index (χ0v) is 15.3. The van der Waals surface area contributed by atoms with Crippen molar-refractivity contribution in [3.63, 3.8) is 0 Å². The van der Waals surface area contributed by atoms with Crippen LogP contribution in [0.5, 0.6) is 11.5 Å². The third-order valence-electron chi connectivity index (χ3n) is 3.25. The normalized spacial score (nSPS) is 11.0. The number of benzene rings is 1. The molecule has 1 aromatic carbocycles. The number of hydrogen-bond donors (Lipinski definition) is 1. The lowest BCUT2D eigenvalue weighted by atomic mass is 10.1. The van der Waals surface area contributed by atoms with Gasteiger partial charge in [0.1, 0.15) is 0 Å². The van der Waals surface area contributed by atoms with E-state index >= 15 is 0 Å². The molecular formula is C17H28BrNO2.